The second-order valence-corrected chi connectivity index (χ2v) is 11.6. The Labute approximate surface area is 254 Å². The van der Waals surface area contributed by atoms with Gasteiger partial charge >= 0.3 is 0 Å². The number of carbonyl (C=O) groups excluding carboxylic acids is 2. The molecule has 0 amide bonds. The van der Waals surface area contributed by atoms with Gasteiger partial charge in [-0.15, -0.1) is 0 Å². The fourth-order valence-corrected chi connectivity index (χ4v) is 5.75. The molecule has 0 spiro atoms. The van der Waals surface area contributed by atoms with Gasteiger partial charge in [-0.05, 0) is 92.2 Å². The average molecular weight is 601 g/mol. The van der Waals surface area contributed by atoms with Gasteiger partial charge in [0.05, 0.1) is 24.6 Å². The van der Waals surface area contributed by atoms with E-state index in [0.29, 0.717) is 64.6 Å². The first-order valence-electron chi connectivity index (χ1n) is 14.9. The molecule has 0 unspecified atom stereocenters. The Morgan fingerprint density at radius 3 is 2.25 bits per heavy atom. The number of halogens is 2. The summed E-state index contributed by atoms with van der Waals surface area (Å²) in [7, 11) is 1.58. The van der Waals surface area contributed by atoms with E-state index in [2.05, 4.69) is 10.3 Å². The number of hydrogen-bond acceptors (Lipinski definition) is 7. The highest BCUT2D eigenvalue weighted by molar-refractivity contribution is 6.11. The van der Waals surface area contributed by atoms with Crippen LogP contribution in [0.5, 0.6) is 23.0 Å². The molecular formula is C35H34F2N2O5. The Bertz CT molecular complexity index is 1680. The number of hydrogen-bond donors (Lipinski definition) is 1. The fourth-order valence-electron chi connectivity index (χ4n) is 5.75. The van der Waals surface area contributed by atoms with Crippen molar-refractivity contribution in [2.75, 3.05) is 26.8 Å². The van der Waals surface area contributed by atoms with Crippen molar-refractivity contribution in [2.24, 2.45) is 11.3 Å². The van der Waals surface area contributed by atoms with Crippen LogP contribution < -0.4 is 19.5 Å². The molecule has 1 aliphatic heterocycles. The van der Waals surface area contributed by atoms with Gasteiger partial charge in [0.25, 0.3) is 0 Å². The third-order valence-corrected chi connectivity index (χ3v) is 8.60. The van der Waals surface area contributed by atoms with Crippen molar-refractivity contribution in [3.63, 3.8) is 0 Å². The second kappa shape index (κ2) is 12.7. The predicted molar refractivity (Wildman–Crippen MR) is 161 cm³/mol. The molecule has 6 rings (SSSR count). The molecule has 1 N–H and O–H groups in total. The van der Waals surface area contributed by atoms with Crippen LogP contribution in [0.4, 0.5) is 8.78 Å². The Balaban J connectivity index is 1.15. The molecule has 4 aromatic rings. The van der Waals surface area contributed by atoms with Crippen molar-refractivity contribution in [3.05, 3.63) is 89.6 Å². The number of ether oxygens (including phenoxy) is 3. The van der Waals surface area contributed by atoms with Gasteiger partial charge in [-0.3, -0.25) is 14.6 Å². The van der Waals surface area contributed by atoms with Gasteiger partial charge in [0, 0.05) is 30.5 Å². The smallest absolute Gasteiger partial charge is 0.166 e. The maximum Gasteiger partial charge on any atom is 0.166 e. The number of methoxy groups -OCH3 is 1. The summed E-state index contributed by atoms with van der Waals surface area (Å²) in [6.45, 7) is 2.51. The first-order chi connectivity index (χ1) is 21.3. The second-order valence-electron chi connectivity index (χ2n) is 11.6. The van der Waals surface area contributed by atoms with Crippen LogP contribution in [0.3, 0.4) is 0 Å². The molecule has 1 saturated heterocycles. The average Bonchev–Trinajstić information content (AvgIpc) is 3.85. The van der Waals surface area contributed by atoms with Crippen LogP contribution in [0.15, 0.2) is 66.9 Å². The van der Waals surface area contributed by atoms with Crippen molar-refractivity contribution < 1.29 is 32.6 Å². The largest absolute Gasteiger partial charge is 0.493 e. The summed E-state index contributed by atoms with van der Waals surface area (Å²) < 4.78 is 46.3. The van der Waals surface area contributed by atoms with Gasteiger partial charge in [-0.1, -0.05) is 18.2 Å². The maximum atomic E-state index is 15.3. The Hall–Kier alpha value is -4.37. The van der Waals surface area contributed by atoms with Crippen molar-refractivity contribution in [2.45, 2.75) is 38.5 Å². The van der Waals surface area contributed by atoms with Crippen molar-refractivity contribution in [1.29, 1.82) is 0 Å². The van der Waals surface area contributed by atoms with Gasteiger partial charge in [-0.2, -0.15) is 0 Å². The Morgan fingerprint density at radius 1 is 0.864 bits per heavy atom. The molecule has 228 valence electrons. The van der Waals surface area contributed by atoms with Crippen LogP contribution in [-0.2, 0) is 22.4 Å². The summed E-state index contributed by atoms with van der Waals surface area (Å²) in [5.41, 5.74) is 0.672. The lowest BCUT2D eigenvalue weighted by atomic mass is 9.88. The molecule has 1 saturated carbocycles. The topological polar surface area (TPSA) is 86.8 Å². The van der Waals surface area contributed by atoms with Crippen LogP contribution in [0, 0.1) is 23.0 Å². The number of benzene rings is 3. The summed E-state index contributed by atoms with van der Waals surface area (Å²) in [6.07, 6.45) is 4.60. The molecule has 1 aromatic heterocycles. The number of carbonyl (C=O) groups is 2. The molecule has 44 heavy (non-hydrogen) atoms. The molecule has 2 fully saturated rings. The number of pyridine rings is 1. The third-order valence-electron chi connectivity index (χ3n) is 8.60. The molecule has 0 atom stereocenters. The summed E-state index contributed by atoms with van der Waals surface area (Å²) in [4.78, 5) is 30.6. The zero-order valence-electron chi connectivity index (χ0n) is 24.5. The molecule has 2 heterocycles. The number of nitrogens with zero attached hydrogens (tertiary/aromatic N) is 1. The Kier molecular flexibility index (Phi) is 8.57. The summed E-state index contributed by atoms with van der Waals surface area (Å²) in [6, 6.07) is 15.3. The number of fused-ring (bicyclic) bond motifs is 1. The van der Waals surface area contributed by atoms with Crippen molar-refractivity contribution in [1.82, 2.24) is 10.3 Å². The fraction of sp³-hybridized carbons (Fsp3) is 0.343. The van der Waals surface area contributed by atoms with Crippen molar-refractivity contribution in [3.8, 4) is 23.0 Å². The van der Waals surface area contributed by atoms with E-state index in [-0.39, 0.29) is 36.0 Å². The monoisotopic (exact) mass is 600 g/mol. The predicted octanol–water partition coefficient (Wildman–Crippen LogP) is 6.40. The lowest BCUT2D eigenvalue weighted by Crippen LogP contribution is -2.30. The zero-order valence-corrected chi connectivity index (χ0v) is 24.5. The van der Waals surface area contributed by atoms with E-state index in [1.54, 1.807) is 49.7 Å². The molecule has 9 heteroatoms. The van der Waals surface area contributed by atoms with Gasteiger partial charge in [0.1, 0.15) is 11.6 Å². The molecule has 3 aromatic carbocycles. The van der Waals surface area contributed by atoms with Crippen LogP contribution in [-0.4, -0.2) is 43.4 Å². The highest BCUT2D eigenvalue weighted by Gasteiger charge is 2.54. The van der Waals surface area contributed by atoms with Crippen LogP contribution in [0.2, 0.25) is 0 Å². The van der Waals surface area contributed by atoms with Gasteiger partial charge in [0.2, 0.25) is 0 Å². The first kappa shape index (κ1) is 29.7. The number of nitrogens with one attached hydrogen (secondary N) is 1. The number of piperidine rings is 1. The number of Topliss-reactive ketones (excluding diaryl/α,β-unsaturated/α-hetero) is 2. The minimum absolute atomic E-state index is 0.00443. The van der Waals surface area contributed by atoms with Gasteiger partial charge in [0.15, 0.2) is 34.6 Å². The van der Waals surface area contributed by atoms with Crippen molar-refractivity contribution >= 4 is 22.5 Å². The zero-order chi connectivity index (χ0) is 30.7. The quantitative estimate of drug-likeness (QED) is 0.189. The van der Waals surface area contributed by atoms with E-state index >= 15 is 4.39 Å². The van der Waals surface area contributed by atoms with Crippen LogP contribution in [0.1, 0.15) is 36.8 Å². The molecule has 2 aliphatic rings. The highest BCUT2D eigenvalue weighted by atomic mass is 19.1. The van der Waals surface area contributed by atoms with E-state index in [4.69, 9.17) is 14.2 Å². The number of aromatic nitrogens is 1. The molecule has 1 aliphatic carbocycles. The lowest BCUT2D eigenvalue weighted by molar-refractivity contribution is -0.133. The first-order valence-corrected chi connectivity index (χ1v) is 14.9. The van der Waals surface area contributed by atoms with E-state index < -0.39 is 11.2 Å². The maximum absolute atomic E-state index is 15.3. The summed E-state index contributed by atoms with van der Waals surface area (Å²) >= 11 is 0. The SMILES string of the molecule is COc1cc2nccc(Oc3ccc(CC(=O)C4(C(=O)Cc5ccc(F)cc5)CC4)cc3F)c2cc1OCC1CCNCC1. The molecule has 0 bridgehead atoms. The third kappa shape index (κ3) is 6.43. The highest BCUT2D eigenvalue weighted by Crippen LogP contribution is 2.49. The molecular weight excluding hydrogens is 566 g/mol. The van der Waals surface area contributed by atoms with E-state index in [1.807, 2.05) is 0 Å². The number of rotatable bonds is 12. The minimum atomic E-state index is -1.05. The minimum Gasteiger partial charge on any atom is -0.493 e. The standard InChI is InChI=1S/C35H34F2N2O5/c1-42-31-20-28-26(19-32(31)43-21-23-8-13-38-14-9-23)29(10-15-39-28)44-30-7-4-24(16-27(30)37)18-34(41)35(11-12-35)33(40)17-22-2-5-25(36)6-3-22/h2-7,10,15-16,19-20,23,38H,8-9,11-14,17-18,21H2,1H3. The van der Waals surface area contributed by atoms with E-state index in [9.17, 15) is 14.0 Å². The lowest BCUT2D eigenvalue weighted by Gasteiger charge is -2.23. The van der Waals surface area contributed by atoms with E-state index in [0.717, 1.165) is 25.9 Å². The van der Waals surface area contributed by atoms with Gasteiger partial charge < -0.3 is 19.5 Å². The molecule has 7 nitrogen and oxygen atoms in total. The van der Waals surface area contributed by atoms with Crippen LogP contribution in [0.25, 0.3) is 10.9 Å². The van der Waals surface area contributed by atoms with Gasteiger partial charge in [-0.25, -0.2) is 8.78 Å². The summed E-state index contributed by atoms with van der Waals surface area (Å²) in [5.74, 6) is 0.535. The van der Waals surface area contributed by atoms with E-state index in [1.165, 1.54) is 24.3 Å². The summed E-state index contributed by atoms with van der Waals surface area (Å²) in [5, 5.41) is 4.00. The molecule has 0 radical (unpaired) electrons. The Morgan fingerprint density at radius 2 is 1.57 bits per heavy atom. The number of ketones is 2. The normalized spacial score (nSPS) is 16.0. The van der Waals surface area contributed by atoms with Crippen LogP contribution >= 0.6 is 0 Å².